The zero-order valence-corrected chi connectivity index (χ0v) is 12.2. The molecule has 0 spiro atoms. The average molecular weight is 339 g/mol. The molecule has 6 nitrogen and oxygen atoms in total. The molecule has 0 radical (unpaired) electrons. The number of benzene rings is 1. The number of pyridine rings is 1. The summed E-state index contributed by atoms with van der Waals surface area (Å²) < 4.78 is 11.4. The van der Waals surface area contributed by atoms with E-state index < -0.39 is 4.92 Å². The lowest BCUT2D eigenvalue weighted by molar-refractivity contribution is -0.386. The highest BCUT2D eigenvalue weighted by molar-refractivity contribution is 9.10. The lowest BCUT2D eigenvalue weighted by Gasteiger charge is -2.10. The molecule has 2 aromatic rings. The van der Waals surface area contributed by atoms with Gasteiger partial charge in [0.05, 0.1) is 11.5 Å². The molecule has 0 aliphatic carbocycles. The molecule has 0 N–H and O–H groups in total. The molecule has 0 fully saturated rings. The van der Waals surface area contributed by atoms with Gasteiger partial charge in [-0.1, -0.05) is 12.1 Å². The first-order valence-electron chi connectivity index (χ1n) is 5.81. The first-order chi connectivity index (χ1) is 9.61. The molecule has 20 heavy (non-hydrogen) atoms. The van der Waals surface area contributed by atoms with E-state index in [-0.39, 0.29) is 11.6 Å². The second kappa shape index (κ2) is 6.33. The van der Waals surface area contributed by atoms with Crippen LogP contribution in [0.5, 0.6) is 17.4 Å². The largest absolute Gasteiger partial charge is 0.490 e. The zero-order valence-electron chi connectivity index (χ0n) is 10.6. The van der Waals surface area contributed by atoms with Gasteiger partial charge in [-0.05, 0) is 35.0 Å². The van der Waals surface area contributed by atoms with Gasteiger partial charge in [0.15, 0.2) is 11.5 Å². The summed E-state index contributed by atoms with van der Waals surface area (Å²) in [5.41, 5.74) is -0.217. The SMILES string of the molecule is CCOc1ccccc1Oc1ncc(Br)cc1[N+](=O)[O-]. The lowest BCUT2D eigenvalue weighted by atomic mass is 10.3. The first-order valence-corrected chi connectivity index (χ1v) is 6.60. The molecule has 0 amide bonds. The van der Waals surface area contributed by atoms with Crippen LogP contribution in [0.4, 0.5) is 5.69 Å². The first kappa shape index (κ1) is 14.3. The van der Waals surface area contributed by atoms with Crippen LogP contribution in [0.3, 0.4) is 0 Å². The van der Waals surface area contributed by atoms with Gasteiger partial charge in [-0.25, -0.2) is 4.98 Å². The summed E-state index contributed by atoms with van der Waals surface area (Å²) in [6.45, 7) is 2.31. The number of rotatable bonds is 5. The summed E-state index contributed by atoms with van der Waals surface area (Å²) in [7, 11) is 0. The summed E-state index contributed by atoms with van der Waals surface area (Å²) in [6.07, 6.45) is 1.44. The molecule has 0 saturated heterocycles. The van der Waals surface area contributed by atoms with Gasteiger partial charge in [0.25, 0.3) is 5.88 Å². The van der Waals surface area contributed by atoms with E-state index in [4.69, 9.17) is 9.47 Å². The molecule has 0 saturated carbocycles. The van der Waals surface area contributed by atoms with Crippen molar-refractivity contribution in [2.75, 3.05) is 6.61 Å². The topological polar surface area (TPSA) is 74.5 Å². The Labute approximate surface area is 123 Å². The zero-order chi connectivity index (χ0) is 14.5. The average Bonchev–Trinajstić information content (AvgIpc) is 2.43. The van der Waals surface area contributed by atoms with Crippen molar-refractivity contribution in [3.8, 4) is 17.4 Å². The van der Waals surface area contributed by atoms with E-state index in [0.717, 1.165) is 0 Å². The smallest absolute Gasteiger partial charge is 0.332 e. The minimum absolute atomic E-state index is 0.0784. The van der Waals surface area contributed by atoms with Crippen LogP contribution in [0.15, 0.2) is 41.0 Å². The van der Waals surface area contributed by atoms with Gasteiger partial charge in [0.2, 0.25) is 0 Å². The molecule has 0 aliphatic rings. The summed E-state index contributed by atoms with van der Waals surface area (Å²) >= 11 is 3.14. The summed E-state index contributed by atoms with van der Waals surface area (Å²) in [6, 6.07) is 8.28. The fraction of sp³-hybridized carbons (Fsp3) is 0.154. The second-order valence-electron chi connectivity index (χ2n) is 3.72. The predicted molar refractivity (Wildman–Crippen MR) is 76.3 cm³/mol. The Balaban J connectivity index is 2.37. The molecule has 2 rings (SSSR count). The number of ether oxygens (including phenoxy) is 2. The fourth-order valence-electron chi connectivity index (χ4n) is 1.54. The summed E-state index contributed by atoms with van der Waals surface area (Å²) in [5, 5.41) is 11.0. The number of aromatic nitrogens is 1. The molecular formula is C13H11BrN2O4. The van der Waals surface area contributed by atoms with Crippen molar-refractivity contribution in [3.63, 3.8) is 0 Å². The molecule has 0 bridgehead atoms. The van der Waals surface area contributed by atoms with Crippen LogP contribution < -0.4 is 9.47 Å². The number of halogens is 1. The summed E-state index contributed by atoms with van der Waals surface area (Å²) in [5.74, 6) is 0.812. The second-order valence-corrected chi connectivity index (χ2v) is 4.63. The molecule has 0 atom stereocenters. The Morgan fingerprint density at radius 3 is 2.70 bits per heavy atom. The van der Waals surface area contributed by atoms with E-state index in [1.54, 1.807) is 24.3 Å². The van der Waals surface area contributed by atoms with Crippen molar-refractivity contribution in [3.05, 3.63) is 51.1 Å². The van der Waals surface area contributed by atoms with Crippen LogP contribution in [-0.4, -0.2) is 16.5 Å². The third kappa shape index (κ3) is 3.24. The third-order valence-electron chi connectivity index (χ3n) is 2.35. The molecular weight excluding hydrogens is 328 g/mol. The van der Waals surface area contributed by atoms with Gasteiger partial charge in [0, 0.05) is 16.7 Å². The van der Waals surface area contributed by atoms with Crippen LogP contribution in [0, 0.1) is 10.1 Å². The normalized spacial score (nSPS) is 10.1. The van der Waals surface area contributed by atoms with Gasteiger partial charge in [0.1, 0.15) is 0 Å². The van der Waals surface area contributed by atoms with Crippen molar-refractivity contribution < 1.29 is 14.4 Å². The van der Waals surface area contributed by atoms with E-state index in [1.807, 2.05) is 6.92 Å². The minimum atomic E-state index is -0.545. The fourth-order valence-corrected chi connectivity index (χ4v) is 1.86. The van der Waals surface area contributed by atoms with Gasteiger partial charge in [-0.15, -0.1) is 0 Å². The predicted octanol–water partition coefficient (Wildman–Crippen LogP) is 3.94. The Morgan fingerprint density at radius 1 is 1.35 bits per heavy atom. The highest BCUT2D eigenvalue weighted by atomic mass is 79.9. The van der Waals surface area contributed by atoms with E-state index in [0.29, 0.717) is 22.6 Å². The minimum Gasteiger partial charge on any atom is -0.490 e. The van der Waals surface area contributed by atoms with Gasteiger partial charge >= 0.3 is 5.69 Å². The molecule has 1 aromatic carbocycles. The van der Waals surface area contributed by atoms with Crippen molar-refractivity contribution in [2.24, 2.45) is 0 Å². The molecule has 7 heteroatoms. The van der Waals surface area contributed by atoms with Gasteiger partial charge < -0.3 is 9.47 Å². The van der Waals surface area contributed by atoms with Crippen molar-refractivity contribution in [1.82, 2.24) is 4.98 Å². The molecule has 0 aliphatic heterocycles. The van der Waals surface area contributed by atoms with Crippen molar-refractivity contribution in [1.29, 1.82) is 0 Å². The molecule has 0 unspecified atom stereocenters. The van der Waals surface area contributed by atoms with Crippen molar-refractivity contribution >= 4 is 21.6 Å². The van der Waals surface area contributed by atoms with Crippen LogP contribution in [0.1, 0.15) is 6.92 Å². The third-order valence-corrected chi connectivity index (χ3v) is 2.78. The van der Waals surface area contributed by atoms with E-state index in [9.17, 15) is 10.1 Å². The van der Waals surface area contributed by atoms with Crippen LogP contribution >= 0.6 is 15.9 Å². The van der Waals surface area contributed by atoms with E-state index >= 15 is 0 Å². The number of hydrogen-bond acceptors (Lipinski definition) is 5. The van der Waals surface area contributed by atoms with Crippen LogP contribution in [0.25, 0.3) is 0 Å². The van der Waals surface area contributed by atoms with Crippen molar-refractivity contribution in [2.45, 2.75) is 6.92 Å². The highest BCUT2D eigenvalue weighted by Gasteiger charge is 2.19. The maximum absolute atomic E-state index is 11.0. The van der Waals surface area contributed by atoms with Crippen LogP contribution in [0.2, 0.25) is 0 Å². The van der Waals surface area contributed by atoms with E-state index in [1.165, 1.54) is 12.3 Å². The molecule has 1 heterocycles. The van der Waals surface area contributed by atoms with Crippen LogP contribution in [-0.2, 0) is 0 Å². The Hall–Kier alpha value is -2.15. The Morgan fingerprint density at radius 2 is 2.05 bits per heavy atom. The number of para-hydroxylation sites is 2. The monoisotopic (exact) mass is 338 g/mol. The standard InChI is InChI=1S/C13H11BrN2O4/c1-2-19-11-5-3-4-6-12(11)20-13-10(16(17)18)7-9(14)8-15-13/h3-8H,2H2,1H3. The van der Waals surface area contributed by atoms with Gasteiger partial charge in [-0.2, -0.15) is 0 Å². The Kier molecular flexibility index (Phi) is 4.52. The lowest BCUT2D eigenvalue weighted by Crippen LogP contribution is -1.98. The van der Waals surface area contributed by atoms with Gasteiger partial charge in [-0.3, -0.25) is 10.1 Å². The number of nitro groups is 1. The molecule has 104 valence electrons. The maximum Gasteiger partial charge on any atom is 0.332 e. The number of nitrogens with zero attached hydrogens (tertiary/aromatic N) is 2. The maximum atomic E-state index is 11.0. The Bertz CT molecular complexity index is 634. The number of hydrogen-bond donors (Lipinski definition) is 0. The highest BCUT2D eigenvalue weighted by Crippen LogP contribution is 2.35. The molecule has 1 aromatic heterocycles. The quantitative estimate of drug-likeness (QED) is 0.609. The summed E-state index contributed by atoms with van der Waals surface area (Å²) in [4.78, 5) is 14.4. The van der Waals surface area contributed by atoms with E-state index in [2.05, 4.69) is 20.9 Å².